The lowest BCUT2D eigenvalue weighted by molar-refractivity contribution is 0.0743. The molecular weight excluding hydrogens is 302 g/mol. The zero-order chi connectivity index (χ0) is 16.9. The van der Waals surface area contributed by atoms with Gasteiger partial charge in [-0.25, -0.2) is 4.98 Å². The first-order valence-electron chi connectivity index (χ1n) is 8.32. The van der Waals surface area contributed by atoms with Crippen LogP contribution in [0.3, 0.4) is 0 Å². The van der Waals surface area contributed by atoms with Gasteiger partial charge in [-0.15, -0.1) is 0 Å². The average molecular weight is 323 g/mol. The molecule has 2 heterocycles. The Labute approximate surface area is 141 Å². The van der Waals surface area contributed by atoms with Gasteiger partial charge >= 0.3 is 0 Å². The Balaban J connectivity index is 1.83. The van der Waals surface area contributed by atoms with E-state index in [1.54, 1.807) is 6.07 Å². The van der Waals surface area contributed by atoms with Crippen molar-refractivity contribution in [3.05, 3.63) is 64.7 Å². The van der Waals surface area contributed by atoms with Crippen molar-refractivity contribution in [1.82, 2.24) is 14.9 Å². The number of rotatable bonds is 5. The van der Waals surface area contributed by atoms with Crippen LogP contribution in [0.2, 0.25) is 0 Å². The maximum absolute atomic E-state index is 12.9. The molecule has 2 aromatic rings. The van der Waals surface area contributed by atoms with Crippen molar-refractivity contribution in [1.29, 1.82) is 0 Å². The van der Waals surface area contributed by atoms with E-state index in [9.17, 15) is 9.59 Å². The van der Waals surface area contributed by atoms with Gasteiger partial charge in [0.05, 0.1) is 18.1 Å². The van der Waals surface area contributed by atoms with Crippen molar-refractivity contribution in [2.24, 2.45) is 0 Å². The molecule has 1 N–H and O–H groups in total. The van der Waals surface area contributed by atoms with Crippen LogP contribution in [0.1, 0.15) is 36.5 Å². The Morgan fingerprint density at radius 1 is 1.38 bits per heavy atom. The first-order chi connectivity index (χ1) is 11.7. The molecule has 5 nitrogen and oxygen atoms in total. The molecule has 0 bridgehead atoms. The van der Waals surface area contributed by atoms with Gasteiger partial charge in [0.1, 0.15) is 0 Å². The largest absolute Gasteiger partial charge is 0.328 e. The summed E-state index contributed by atoms with van der Waals surface area (Å²) in [6.07, 6.45) is 8.77. The zero-order valence-electron chi connectivity index (χ0n) is 13.7. The molecule has 0 spiro atoms. The highest BCUT2D eigenvalue weighted by atomic mass is 16.2. The maximum Gasteiger partial charge on any atom is 0.254 e. The molecule has 124 valence electrons. The Morgan fingerprint density at radius 3 is 3.04 bits per heavy atom. The number of unbranched alkanes of at least 4 members (excludes halogenated alkanes) is 1. The quantitative estimate of drug-likeness (QED) is 0.860. The third-order valence-corrected chi connectivity index (χ3v) is 4.26. The zero-order valence-corrected chi connectivity index (χ0v) is 13.7. The summed E-state index contributed by atoms with van der Waals surface area (Å²) in [5.74, 6) is 0.0211. The van der Waals surface area contributed by atoms with Crippen molar-refractivity contribution in [3.63, 3.8) is 0 Å². The molecule has 1 aliphatic heterocycles. The van der Waals surface area contributed by atoms with Crippen LogP contribution in [0.5, 0.6) is 0 Å². The first kappa shape index (κ1) is 16.2. The van der Waals surface area contributed by atoms with Crippen molar-refractivity contribution >= 4 is 5.91 Å². The van der Waals surface area contributed by atoms with Gasteiger partial charge in [-0.2, -0.15) is 0 Å². The summed E-state index contributed by atoms with van der Waals surface area (Å²) >= 11 is 0. The third kappa shape index (κ3) is 3.45. The number of nitrogens with one attached hydrogen (secondary N) is 1. The van der Waals surface area contributed by atoms with E-state index < -0.39 is 0 Å². The summed E-state index contributed by atoms with van der Waals surface area (Å²) in [7, 11) is 0. The van der Waals surface area contributed by atoms with Crippen LogP contribution in [0.15, 0.2) is 53.6 Å². The van der Waals surface area contributed by atoms with Crippen LogP contribution >= 0.6 is 0 Å². The monoisotopic (exact) mass is 323 g/mol. The second-order valence-corrected chi connectivity index (χ2v) is 5.97. The fourth-order valence-corrected chi connectivity index (χ4v) is 2.97. The molecule has 0 unspecified atom stereocenters. The van der Waals surface area contributed by atoms with Crippen LogP contribution < -0.4 is 5.56 Å². The third-order valence-electron chi connectivity index (χ3n) is 4.26. The molecule has 5 heteroatoms. The minimum atomic E-state index is -0.208. The van der Waals surface area contributed by atoms with Gasteiger partial charge in [0.25, 0.3) is 11.5 Å². The summed E-state index contributed by atoms with van der Waals surface area (Å²) in [5, 5.41) is 0. The predicted octanol–water partition coefficient (Wildman–Crippen LogP) is 3.01. The van der Waals surface area contributed by atoms with E-state index in [0.717, 1.165) is 24.8 Å². The molecule has 1 aromatic heterocycles. The van der Waals surface area contributed by atoms with Gasteiger partial charge in [0, 0.05) is 23.7 Å². The van der Waals surface area contributed by atoms with E-state index in [4.69, 9.17) is 0 Å². The lowest BCUT2D eigenvalue weighted by Crippen LogP contribution is -2.36. The number of aromatic amines is 1. The fourth-order valence-electron chi connectivity index (χ4n) is 2.97. The van der Waals surface area contributed by atoms with Crippen LogP contribution in [-0.2, 0) is 0 Å². The van der Waals surface area contributed by atoms with Crippen molar-refractivity contribution in [2.45, 2.75) is 32.2 Å². The summed E-state index contributed by atoms with van der Waals surface area (Å²) < 4.78 is 0. The lowest BCUT2D eigenvalue weighted by Gasteiger charge is -2.24. The topological polar surface area (TPSA) is 66.1 Å². The molecule has 24 heavy (non-hydrogen) atoms. The molecule has 0 saturated carbocycles. The van der Waals surface area contributed by atoms with Crippen molar-refractivity contribution < 1.29 is 4.79 Å². The number of hydrogen-bond donors (Lipinski definition) is 1. The minimum absolute atomic E-state index is 0.0211. The fraction of sp³-hybridized carbons (Fsp3) is 0.316. The number of benzene rings is 1. The molecule has 1 amide bonds. The van der Waals surface area contributed by atoms with Crippen LogP contribution in [-0.4, -0.2) is 33.4 Å². The molecule has 3 rings (SSSR count). The van der Waals surface area contributed by atoms with E-state index in [0.29, 0.717) is 17.8 Å². The average Bonchev–Trinajstić information content (AvgIpc) is 3.08. The molecule has 0 fully saturated rings. The SMILES string of the molecule is CCCC[C@H]1C=CCN1C(=O)c1cccc(-c2cc(=O)[nH]cn2)c1. The van der Waals surface area contributed by atoms with E-state index in [-0.39, 0.29) is 17.5 Å². The molecule has 1 atom stereocenters. The molecule has 1 aromatic carbocycles. The van der Waals surface area contributed by atoms with E-state index in [1.165, 1.54) is 12.4 Å². The van der Waals surface area contributed by atoms with E-state index in [2.05, 4.69) is 29.0 Å². The highest BCUT2D eigenvalue weighted by Crippen LogP contribution is 2.22. The number of carbonyl (C=O) groups excluding carboxylic acids is 1. The molecule has 0 saturated heterocycles. The molecule has 1 aliphatic rings. The van der Waals surface area contributed by atoms with Crippen LogP contribution in [0, 0.1) is 0 Å². The molecule has 0 aliphatic carbocycles. The second kappa shape index (κ2) is 7.25. The van der Waals surface area contributed by atoms with E-state index >= 15 is 0 Å². The standard InChI is InChI=1S/C19H21N3O2/c1-2-3-8-16-9-5-10-22(16)19(24)15-7-4-6-14(11-15)17-12-18(23)21-13-20-17/h4-7,9,11-13,16H,2-3,8,10H2,1H3,(H,20,21,23)/t16-/m0/s1. The number of carbonyl (C=O) groups is 1. The number of H-pyrrole nitrogens is 1. The normalized spacial score (nSPS) is 16.5. The Hall–Kier alpha value is -2.69. The van der Waals surface area contributed by atoms with Gasteiger partial charge in [-0.3, -0.25) is 9.59 Å². The maximum atomic E-state index is 12.9. The smallest absolute Gasteiger partial charge is 0.254 e. The second-order valence-electron chi connectivity index (χ2n) is 5.97. The summed E-state index contributed by atoms with van der Waals surface area (Å²) in [4.78, 5) is 32.9. The number of aromatic nitrogens is 2. The predicted molar refractivity (Wildman–Crippen MR) is 93.8 cm³/mol. The number of hydrogen-bond acceptors (Lipinski definition) is 3. The van der Waals surface area contributed by atoms with Gasteiger partial charge in [0.2, 0.25) is 0 Å². The first-order valence-corrected chi connectivity index (χ1v) is 8.32. The van der Waals surface area contributed by atoms with Crippen LogP contribution in [0.4, 0.5) is 0 Å². The van der Waals surface area contributed by atoms with Crippen molar-refractivity contribution in [2.75, 3.05) is 6.54 Å². The van der Waals surface area contributed by atoms with Crippen molar-refractivity contribution in [3.8, 4) is 11.3 Å². The Kier molecular flexibility index (Phi) is 4.89. The van der Waals surface area contributed by atoms with Gasteiger partial charge in [-0.05, 0) is 18.6 Å². The Morgan fingerprint density at radius 2 is 2.25 bits per heavy atom. The highest BCUT2D eigenvalue weighted by molar-refractivity contribution is 5.96. The summed E-state index contributed by atoms with van der Waals surface area (Å²) in [6, 6.07) is 8.92. The van der Waals surface area contributed by atoms with Crippen LogP contribution in [0.25, 0.3) is 11.3 Å². The van der Waals surface area contributed by atoms with E-state index in [1.807, 2.05) is 23.1 Å². The number of nitrogens with zero attached hydrogens (tertiary/aromatic N) is 2. The summed E-state index contributed by atoms with van der Waals surface area (Å²) in [5.41, 5.74) is 1.75. The van der Waals surface area contributed by atoms with Gasteiger partial charge in [0.15, 0.2) is 0 Å². The minimum Gasteiger partial charge on any atom is -0.328 e. The molecular formula is C19H21N3O2. The lowest BCUT2D eigenvalue weighted by atomic mass is 10.1. The summed E-state index contributed by atoms with van der Waals surface area (Å²) in [6.45, 7) is 2.81. The van der Waals surface area contributed by atoms with Gasteiger partial charge in [-0.1, -0.05) is 44.1 Å². The Bertz CT molecular complexity index is 810. The number of amides is 1. The van der Waals surface area contributed by atoms with Gasteiger partial charge < -0.3 is 9.88 Å². The highest BCUT2D eigenvalue weighted by Gasteiger charge is 2.25. The molecule has 0 radical (unpaired) electrons.